The van der Waals surface area contributed by atoms with Gasteiger partial charge in [0.25, 0.3) is 0 Å². The number of hydrogen-bond donors (Lipinski definition) is 1. The number of aliphatic carboxylic acids is 1. The summed E-state index contributed by atoms with van der Waals surface area (Å²) in [5, 5.41) is 9.27. The lowest BCUT2D eigenvalue weighted by atomic mass is 10.3. The van der Waals surface area contributed by atoms with Gasteiger partial charge in [0.1, 0.15) is 5.82 Å². The second-order valence-corrected chi connectivity index (χ2v) is 5.37. The lowest BCUT2D eigenvalue weighted by Gasteiger charge is -2.04. The van der Waals surface area contributed by atoms with E-state index in [0.717, 1.165) is 11.8 Å². The summed E-state index contributed by atoms with van der Waals surface area (Å²) in [5.74, 6) is -1.32. The Balaban J connectivity index is 2.50. The van der Waals surface area contributed by atoms with Crippen molar-refractivity contribution in [3.8, 4) is 0 Å². The quantitative estimate of drug-likeness (QED) is 0.874. The fraction of sp³-hybridized carbons (Fsp3) is 0.273. The third-order valence-electron chi connectivity index (χ3n) is 2.40. The third-order valence-corrected chi connectivity index (χ3v) is 3.97. The number of fused-ring (bicyclic) bond motifs is 1. The molecule has 18 heavy (non-hydrogen) atoms. The van der Waals surface area contributed by atoms with Gasteiger partial charge in [0.05, 0.1) is 21.3 Å². The third kappa shape index (κ3) is 2.51. The highest BCUT2D eigenvalue weighted by atomic mass is 79.9. The molecule has 0 bridgehead atoms. The molecule has 0 fully saturated rings. The molecule has 0 aliphatic rings. The minimum absolute atomic E-state index is 0.0625. The van der Waals surface area contributed by atoms with E-state index >= 15 is 0 Å². The van der Waals surface area contributed by atoms with Crippen molar-refractivity contribution < 1.29 is 14.3 Å². The first-order valence-corrected chi connectivity index (χ1v) is 7.00. The molecule has 0 spiro atoms. The van der Waals surface area contributed by atoms with Crippen molar-refractivity contribution in [1.29, 1.82) is 0 Å². The zero-order chi connectivity index (χ0) is 13.3. The summed E-state index contributed by atoms with van der Waals surface area (Å²) in [6.45, 7) is 2.52. The maximum atomic E-state index is 13.5. The van der Waals surface area contributed by atoms with E-state index in [1.165, 1.54) is 6.07 Å². The number of rotatable bonds is 4. The minimum atomic E-state index is -0.901. The molecule has 1 aromatic carbocycles. The number of carboxylic acid groups (broad SMARTS) is 1. The van der Waals surface area contributed by atoms with Crippen LogP contribution in [0.5, 0.6) is 0 Å². The SMILES string of the molecule is CCn1c(SCC(=O)O)nc2cc(Br)c(F)cc21. The van der Waals surface area contributed by atoms with E-state index in [-0.39, 0.29) is 11.6 Å². The molecule has 1 aromatic heterocycles. The summed E-state index contributed by atoms with van der Waals surface area (Å²) in [4.78, 5) is 14.9. The van der Waals surface area contributed by atoms with E-state index in [2.05, 4.69) is 20.9 Å². The molecule has 2 rings (SSSR count). The highest BCUT2D eigenvalue weighted by Crippen LogP contribution is 2.28. The molecule has 2 aromatic rings. The zero-order valence-electron chi connectivity index (χ0n) is 9.48. The van der Waals surface area contributed by atoms with Gasteiger partial charge in [-0.25, -0.2) is 9.37 Å². The maximum Gasteiger partial charge on any atom is 0.313 e. The highest BCUT2D eigenvalue weighted by Gasteiger charge is 2.13. The van der Waals surface area contributed by atoms with Crippen LogP contribution in [0, 0.1) is 5.82 Å². The summed E-state index contributed by atoms with van der Waals surface area (Å²) >= 11 is 4.24. The van der Waals surface area contributed by atoms with Crippen molar-refractivity contribution in [3.63, 3.8) is 0 Å². The number of benzene rings is 1. The molecule has 1 heterocycles. The van der Waals surface area contributed by atoms with Gasteiger partial charge >= 0.3 is 5.97 Å². The Morgan fingerprint density at radius 2 is 2.33 bits per heavy atom. The van der Waals surface area contributed by atoms with Gasteiger partial charge in [-0.1, -0.05) is 11.8 Å². The molecule has 0 aliphatic heterocycles. The Labute approximate surface area is 115 Å². The molecule has 1 N–H and O–H groups in total. The van der Waals surface area contributed by atoms with Crippen LogP contribution in [0.4, 0.5) is 4.39 Å². The summed E-state index contributed by atoms with van der Waals surface area (Å²) < 4.78 is 15.7. The summed E-state index contributed by atoms with van der Waals surface area (Å²) in [6, 6.07) is 3.00. The van der Waals surface area contributed by atoms with E-state index in [9.17, 15) is 9.18 Å². The van der Waals surface area contributed by atoms with Crippen LogP contribution < -0.4 is 0 Å². The molecule has 0 radical (unpaired) electrons. The molecular formula is C11H10BrFN2O2S. The number of nitrogens with zero attached hydrogens (tertiary/aromatic N) is 2. The largest absolute Gasteiger partial charge is 0.481 e. The van der Waals surface area contributed by atoms with Crippen molar-refractivity contribution in [1.82, 2.24) is 9.55 Å². The Hall–Kier alpha value is -1.08. The van der Waals surface area contributed by atoms with Gasteiger partial charge in [-0.3, -0.25) is 4.79 Å². The van der Waals surface area contributed by atoms with E-state index in [4.69, 9.17) is 5.11 Å². The van der Waals surface area contributed by atoms with Crippen LogP contribution in [0.15, 0.2) is 21.8 Å². The van der Waals surface area contributed by atoms with Gasteiger partial charge in [-0.2, -0.15) is 0 Å². The number of aryl methyl sites for hydroxylation is 1. The number of hydrogen-bond acceptors (Lipinski definition) is 3. The Morgan fingerprint density at radius 1 is 1.61 bits per heavy atom. The lowest BCUT2D eigenvalue weighted by Crippen LogP contribution is -2.02. The smallest absolute Gasteiger partial charge is 0.313 e. The van der Waals surface area contributed by atoms with Gasteiger partial charge in [-0.15, -0.1) is 0 Å². The van der Waals surface area contributed by atoms with Crippen molar-refractivity contribution in [2.75, 3.05) is 5.75 Å². The number of aromatic nitrogens is 2. The maximum absolute atomic E-state index is 13.5. The topological polar surface area (TPSA) is 55.1 Å². The monoisotopic (exact) mass is 332 g/mol. The van der Waals surface area contributed by atoms with Crippen LogP contribution in [0.1, 0.15) is 6.92 Å². The molecule has 4 nitrogen and oxygen atoms in total. The summed E-state index contributed by atoms with van der Waals surface area (Å²) in [5.41, 5.74) is 1.32. The fourth-order valence-corrected chi connectivity index (χ4v) is 2.77. The summed E-state index contributed by atoms with van der Waals surface area (Å²) in [6.07, 6.45) is 0. The molecule has 0 saturated heterocycles. The second kappa shape index (κ2) is 5.27. The fourth-order valence-electron chi connectivity index (χ4n) is 1.64. The molecule has 0 amide bonds. The Morgan fingerprint density at radius 3 is 2.94 bits per heavy atom. The van der Waals surface area contributed by atoms with Crippen molar-refractivity contribution >= 4 is 44.7 Å². The highest BCUT2D eigenvalue weighted by molar-refractivity contribution is 9.10. The second-order valence-electron chi connectivity index (χ2n) is 3.58. The van der Waals surface area contributed by atoms with Crippen LogP contribution >= 0.6 is 27.7 Å². The number of halogens is 2. The zero-order valence-corrected chi connectivity index (χ0v) is 11.9. The molecule has 0 unspecified atom stereocenters. The van der Waals surface area contributed by atoms with Crippen molar-refractivity contribution in [3.05, 3.63) is 22.4 Å². The average molecular weight is 333 g/mol. The molecule has 0 atom stereocenters. The predicted molar refractivity (Wildman–Crippen MR) is 71.4 cm³/mol. The lowest BCUT2D eigenvalue weighted by molar-refractivity contribution is -0.133. The first kappa shape index (κ1) is 13.4. The van der Waals surface area contributed by atoms with Crippen LogP contribution in [-0.4, -0.2) is 26.4 Å². The van der Waals surface area contributed by atoms with Crippen molar-refractivity contribution in [2.45, 2.75) is 18.6 Å². The summed E-state index contributed by atoms with van der Waals surface area (Å²) in [7, 11) is 0. The predicted octanol–water partition coefficient (Wildman–Crippen LogP) is 3.13. The van der Waals surface area contributed by atoms with Crippen LogP contribution in [0.3, 0.4) is 0 Å². The van der Waals surface area contributed by atoms with Crippen molar-refractivity contribution in [2.24, 2.45) is 0 Å². The van der Waals surface area contributed by atoms with Gasteiger partial charge in [-0.05, 0) is 28.9 Å². The average Bonchev–Trinajstić information content (AvgIpc) is 2.64. The number of carbonyl (C=O) groups is 1. The minimum Gasteiger partial charge on any atom is -0.481 e. The number of thioether (sulfide) groups is 1. The van der Waals surface area contributed by atoms with Crippen LogP contribution in [0.25, 0.3) is 11.0 Å². The molecule has 96 valence electrons. The standard InChI is InChI=1S/C11H10BrFN2O2S/c1-2-15-9-4-7(13)6(12)3-8(9)14-11(15)18-5-10(16)17/h3-4H,2,5H2,1H3,(H,16,17). The van der Waals surface area contributed by atoms with E-state index < -0.39 is 5.97 Å². The van der Waals surface area contributed by atoms with Gasteiger partial charge in [0, 0.05) is 12.6 Å². The normalized spacial score (nSPS) is 11.1. The van der Waals surface area contributed by atoms with Gasteiger partial charge < -0.3 is 9.67 Å². The molecule has 7 heteroatoms. The number of imidazole rings is 1. The first-order chi connectivity index (χ1) is 8.52. The first-order valence-electron chi connectivity index (χ1n) is 5.22. The molecule has 0 saturated carbocycles. The van der Waals surface area contributed by atoms with Gasteiger partial charge in [0.2, 0.25) is 0 Å². The number of carboxylic acids is 1. The van der Waals surface area contributed by atoms with Crippen LogP contribution in [0.2, 0.25) is 0 Å². The van der Waals surface area contributed by atoms with E-state index in [0.29, 0.717) is 27.2 Å². The molecule has 0 aliphatic carbocycles. The Bertz CT molecular complexity index is 615. The van der Waals surface area contributed by atoms with E-state index in [1.807, 2.05) is 6.92 Å². The Kier molecular flexibility index (Phi) is 3.91. The van der Waals surface area contributed by atoms with Crippen LogP contribution in [-0.2, 0) is 11.3 Å². The van der Waals surface area contributed by atoms with Gasteiger partial charge in [0.15, 0.2) is 5.16 Å². The van der Waals surface area contributed by atoms with E-state index in [1.54, 1.807) is 10.6 Å². The molecular weight excluding hydrogens is 323 g/mol.